The number of methoxy groups -OCH3 is 1. The maximum Gasteiger partial charge on any atom is 0.137 e. The van der Waals surface area contributed by atoms with Crippen molar-refractivity contribution in [2.24, 2.45) is 0 Å². The molecule has 24 heavy (non-hydrogen) atoms. The van der Waals surface area contributed by atoms with Crippen molar-refractivity contribution >= 4 is 21.8 Å². The van der Waals surface area contributed by atoms with Gasteiger partial charge in [0.15, 0.2) is 0 Å². The molecule has 6 heteroatoms. The molecule has 0 saturated carbocycles. The van der Waals surface area contributed by atoms with Gasteiger partial charge in [-0.15, -0.1) is 0 Å². The molecule has 0 fully saturated rings. The number of aryl methyl sites for hydroxylation is 3. The molecule has 122 valence electrons. The highest BCUT2D eigenvalue weighted by Gasteiger charge is 2.13. The molecular formula is C18H19N5O. The van der Waals surface area contributed by atoms with Crippen molar-refractivity contribution in [3.05, 3.63) is 48.8 Å². The fourth-order valence-corrected chi connectivity index (χ4v) is 3.30. The van der Waals surface area contributed by atoms with Crippen molar-refractivity contribution in [2.45, 2.75) is 26.4 Å². The van der Waals surface area contributed by atoms with Crippen molar-refractivity contribution in [3.63, 3.8) is 0 Å². The highest BCUT2D eigenvalue weighted by Crippen LogP contribution is 2.32. The predicted octanol–water partition coefficient (Wildman–Crippen LogP) is 3.19. The summed E-state index contributed by atoms with van der Waals surface area (Å²) < 4.78 is 9.62. The number of hydrogen-bond acceptors (Lipinski definition) is 4. The molecular weight excluding hydrogens is 302 g/mol. The van der Waals surface area contributed by atoms with Gasteiger partial charge in [-0.05, 0) is 31.5 Å². The van der Waals surface area contributed by atoms with Crippen molar-refractivity contribution in [3.8, 4) is 5.75 Å². The summed E-state index contributed by atoms with van der Waals surface area (Å²) in [6.07, 6.45) is 6.16. The summed E-state index contributed by atoms with van der Waals surface area (Å²) in [5.74, 6) is 0.869. The Bertz CT molecular complexity index is 988. The molecule has 0 saturated heterocycles. The first-order valence-electron chi connectivity index (χ1n) is 8.02. The molecule has 0 N–H and O–H groups in total. The lowest BCUT2D eigenvalue weighted by Gasteiger charge is -2.09. The highest BCUT2D eigenvalue weighted by atomic mass is 16.5. The zero-order valence-corrected chi connectivity index (χ0v) is 13.8. The Hall–Kier alpha value is -2.89. The summed E-state index contributed by atoms with van der Waals surface area (Å²) in [6.45, 7) is 3.79. The van der Waals surface area contributed by atoms with E-state index in [0.717, 1.165) is 31.0 Å². The molecule has 0 aliphatic heterocycles. The van der Waals surface area contributed by atoms with Crippen molar-refractivity contribution in [2.75, 3.05) is 7.11 Å². The van der Waals surface area contributed by atoms with Crippen LogP contribution >= 0.6 is 0 Å². The molecule has 4 rings (SSSR count). The first-order valence-corrected chi connectivity index (χ1v) is 8.02. The normalized spacial score (nSPS) is 11.4. The molecule has 1 aromatic carbocycles. The minimum Gasteiger partial charge on any atom is -0.497 e. The average Bonchev–Trinajstić information content (AvgIpc) is 3.22. The summed E-state index contributed by atoms with van der Waals surface area (Å²) in [6, 6.07) is 8.33. The zero-order valence-electron chi connectivity index (χ0n) is 13.8. The maximum atomic E-state index is 5.42. The topological polar surface area (TPSA) is 57.8 Å². The van der Waals surface area contributed by atoms with Crippen LogP contribution in [-0.4, -0.2) is 31.4 Å². The lowest BCUT2D eigenvalue weighted by atomic mass is 10.1. The van der Waals surface area contributed by atoms with Gasteiger partial charge in [0.2, 0.25) is 0 Å². The van der Waals surface area contributed by atoms with E-state index in [0.29, 0.717) is 0 Å². The standard InChI is InChI=1S/C18H19N5O/c1-13-18-16(6-7-20-13)15-5-4-14(24-2)10-17(15)23(18)9-3-8-22-12-19-11-21-22/h4-7,10-12H,3,8-9H2,1-2H3. The fraction of sp³-hybridized carbons (Fsp3) is 0.278. The van der Waals surface area contributed by atoms with Crippen molar-refractivity contribution < 1.29 is 4.74 Å². The molecule has 0 bridgehead atoms. The van der Waals surface area contributed by atoms with Gasteiger partial charge < -0.3 is 9.30 Å². The number of pyridine rings is 1. The van der Waals surface area contributed by atoms with Gasteiger partial charge in [0.05, 0.1) is 23.8 Å². The molecule has 4 aromatic rings. The molecule has 0 unspecified atom stereocenters. The number of fused-ring (bicyclic) bond motifs is 3. The molecule has 0 atom stereocenters. The van der Waals surface area contributed by atoms with Gasteiger partial charge >= 0.3 is 0 Å². The van der Waals surface area contributed by atoms with E-state index in [1.165, 1.54) is 21.8 Å². The van der Waals surface area contributed by atoms with Crippen LogP contribution in [0.15, 0.2) is 43.1 Å². The molecule has 3 heterocycles. The Labute approximate surface area is 139 Å². The molecule has 0 radical (unpaired) electrons. The van der Waals surface area contributed by atoms with Crippen LogP contribution < -0.4 is 4.74 Å². The van der Waals surface area contributed by atoms with Crippen LogP contribution in [-0.2, 0) is 13.1 Å². The van der Waals surface area contributed by atoms with Crippen molar-refractivity contribution in [1.82, 2.24) is 24.3 Å². The molecule has 0 aliphatic carbocycles. The quantitative estimate of drug-likeness (QED) is 0.566. The van der Waals surface area contributed by atoms with E-state index in [9.17, 15) is 0 Å². The smallest absolute Gasteiger partial charge is 0.137 e. The zero-order chi connectivity index (χ0) is 16.5. The van der Waals surface area contributed by atoms with Gasteiger partial charge in [0, 0.05) is 36.1 Å². The van der Waals surface area contributed by atoms with Crippen molar-refractivity contribution in [1.29, 1.82) is 0 Å². The average molecular weight is 321 g/mol. The SMILES string of the molecule is COc1ccc2c3ccnc(C)c3n(CCCn3cncn3)c2c1. The maximum absolute atomic E-state index is 5.42. The Balaban J connectivity index is 1.80. The van der Waals surface area contributed by atoms with E-state index in [1.54, 1.807) is 19.8 Å². The number of ether oxygens (including phenoxy) is 1. The second-order valence-corrected chi connectivity index (χ2v) is 5.84. The number of nitrogens with zero attached hydrogens (tertiary/aromatic N) is 5. The summed E-state index contributed by atoms with van der Waals surface area (Å²) >= 11 is 0. The van der Waals surface area contributed by atoms with Gasteiger partial charge in [-0.3, -0.25) is 9.67 Å². The second kappa shape index (κ2) is 5.96. The first-order chi connectivity index (χ1) is 11.8. The third kappa shape index (κ3) is 2.40. The van der Waals surface area contributed by atoms with Gasteiger partial charge in [0.1, 0.15) is 18.4 Å². The summed E-state index contributed by atoms with van der Waals surface area (Å²) in [7, 11) is 1.70. The van der Waals surface area contributed by atoms with E-state index in [2.05, 4.69) is 44.8 Å². The number of aromatic nitrogens is 5. The van der Waals surface area contributed by atoms with Gasteiger partial charge in [-0.2, -0.15) is 5.10 Å². The molecule has 3 aromatic heterocycles. The summed E-state index contributed by atoms with van der Waals surface area (Å²) in [5.41, 5.74) is 3.42. The van der Waals surface area contributed by atoms with Crippen LogP contribution in [0.25, 0.3) is 21.8 Å². The number of benzene rings is 1. The fourth-order valence-electron chi connectivity index (χ4n) is 3.30. The minimum absolute atomic E-state index is 0.838. The Morgan fingerprint density at radius 1 is 1.12 bits per heavy atom. The largest absolute Gasteiger partial charge is 0.497 e. The molecule has 0 aliphatic rings. The van der Waals surface area contributed by atoms with Crippen LogP contribution in [0.3, 0.4) is 0 Å². The lowest BCUT2D eigenvalue weighted by Crippen LogP contribution is -2.05. The Kier molecular flexibility index (Phi) is 3.65. The Morgan fingerprint density at radius 2 is 2.04 bits per heavy atom. The summed E-state index contributed by atoms with van der Waals surface area (Å²) in [5, 5.41) is 6.64. The number of rotatable bonds is 5. The van der Waals surface area contributed by atoms with Gasteiger partial charge in [0.25, 0.3) is 0 Å². The van der Waals surface area contributed by atoms with E-state index in [1.807, 2.05) is 16.9 Å². The third-order valence-corrected chi connectivity index (χ3v) is 4.40. The highest BCUT2D eigenvalue weighted by molar-refractivity contribution is 6.09. The third-order valence-electron chi connectivity index (χ3n) is 4.40. The van der Waals surface area contributed by atoms with E-state index < -0.39 is 0 Å². The Morgan fingerprint density at radius 3 is 2.83 bits per heavy atom. The second-order valence-electron chi connectivity index (χ2n) is 5.84. The van der Waals surface area contributed by atoms with E-state index in [-0.39, 0.29) is 0 Å². The van der Waals surface area contributed by atoms with Crippen LogP contribution in [0.4, 0.5) is 0 Å². The first kappa shape index (κ1) is 14.7. The van der Waals surface area contributed by atoms with Gasteiger partial charge in [-0.1, -0.05) is 0 Å². The molecule has 6 nitrogen and oxygen atoms in total. The van der Waals surface area contributed by atoms with Crippen LogP contribution in [0.2, 0.25) is 0 Å². The molecule has 0 amide bonds. The lowest BCUT2D eigenvalue weighted by molar-refractivity contribution is 0.415. The van der Waals surface area contributed by atoms with Gasteiger partial charge in [-0.25, -0.2) is 4.98 Å². The predicted molar refractivity (Wildman–Crippen MR) is 93.2 cm³/mol. The monoisotopic (exact) mass is 321 g/mol. The van der Waals surface area contributed by atoms with E-state index in [4.69, 9.17) is 4.74 Å². The molecule has 0 spiro atoms. The van der Waals surface area contributed by atoms with E-state index >= 15 is 0 Å². The van der Waals surface area contributed by atoms with Crippen LogP contribution in [0.1, 0.15) is 12.1 Å². The number of hydrogen-bond donors (Lipinski definition) is 0. The van der Waals surface area contributed by atoms with Crippen LogP contribution in [0.5, 0.6) is 5.75 Å². The van der Waals surface area contributed by atoms with Crippen LogP contribution in [0, 0.1) is 6.92 Å². The minimum atomic E-state index is 0.838. The summed E-state index contributed by atoms with van der Waals surface area (Å²) in [4.78, 5) is 8.48.